The Hall–Kier alpha value is -2.96. The number of pyridine rings is 1. The second-order valence-electron chi connectivity index (χ2n) is 5.70. The van der Waals surface area contributed by atoms with Gasteiger partial charge in [-0.3, -0.25) is 9.69 Å². The van der Waals surface area contributed by atoms with E-state index in [1.807, 2.05) is 30.3 Å². The molecular formula is C18H18FN3O3. The van der Waals surface area contributed by atoms with Crippen molar-refractivity contribution in [1.82, 2.24) is 9.88 Å². The molecular weight excluding hydrogens is 325 g/mol. The Morgan fingerprint density at radius 1 is 1.20 bits per heavy atom. The van der Waals surface area contributed by atoms with E-state index in [0.29, 0.717) is 19.4 Å². The Morgan fingerprint density at radius 2 is 1.96 bits per heavy atom. The van der Waals surface area contributed by atoms with Gasteiger partial charge >= 0.3 is 6.09 Å². The molecule has 1 unspecified atom stereocenters. The lowest BCUT2D eigenvalue weighted by molar-refractivity contribution is -0.125. The minimum atomic E-state index is -0.879. The number of halogens is 1. The number of hydrogen-bond donors (Lipinski definition) is 0. The van der Waals surface area contributed by atoms with Crippen LogP contribution in [0.4, 0.5) is 15.1 Å². The lowest BCUT2D eigenvalue weighted by Crippen LogP contribution is -2.45. The molecule has 7 heteroatoms. The third kappa shape index (κ3) is 3.93. The molecule has 0 bridgehead atoms. The molecule has 2 aromatic rings. The highest BCUT2D eigenvalue weighted by Crippen LogP contribution is 2.23. The van der Waals surface area contributed by atoms with Crippen molar-refractivity contribution >= 4 is 17.8 Å². The Bertz CT molecular complexity index is 727. The fourth-order valence-corrected chi connectivity index (χ4v) is 2.76. The van der Waals surface area contributed by atoms with E-state index in [4.69, 9.17) is 4.74 Å². The van der Waals surface area contributed by atoms with E-state index in [1.165, 1.54) is 17.2 Å². The van der Waals surface area contributed by atoms with Crippen LogP contribution in [0.5, 0.6) is 0 Å². The molecule has 3 rings (SSSR count). The SMILES string of the molecule is O=C(C1CCCN1C(=O)OCc1ccccc1)N(F)c1ccccn1. The molecule has 0 radical (unpaired) electrons. The Labute approximate surface area is 144 Å². The Morgan fingerprint density at radius 3 is 2.68 bits per heavy atom. The first-order valence-electron chi connectivity index (χ1n) is 8.05. The fraction of sp³-hybridized carbons (Fsp3) is 0.278. The molecule has 0 aliphatic carbocycles. The average molecular weight is 343 g/mol. The van der Waals surface area contributed by atoms with Gasteiger partial charge in [0, 0.05) is 12.7 Å². The summed E-state index contributed by atoms with van der Waals surface area (Å²) in [7, 11) is 0. The Balaban J connectivity index is 1.63. The molecule has 2 amide bonds. The van der Waals surface area contributed by atoms with Gasteiger partial charge in [0.25, 0.3) is 5.91 Å². The number of rotatable bonds is 4. The average Bonchev–Trinajstić information content (AvgIpc) is 3.16. The largest absolute Gasteiger partial charge is 0.445 e. The number of likely N-dealkylation sites (tertiary alicyclic amines) is 1. The van der Waals surface area contributed by atoms with Gasteiger partial charge in [0.15, 0.2) is 5.82 Å². The van der Waals surface area contributed by atoms with Crippen molar-refractivity contribution in [1.29, 1.82) is 0 Å². The van der Waals surface area contributed by atoms with Gasteiger partial charge < -0.3 is 4.74 Å². The summed E-state index contributed by atoms with van der Waals surface area (Å²) in [5, 5.41) is -0.00649. The zero-order chi connectivity index (χ0) is 17.6. The van der Waals surface area contributed by atoms with Gasteiger partial charge in [-0.1, -0.05) is 40.9 Å². The van der Waals surface area contributed by atoms with Crippen LogP contribution in [0.25, 0.3) is 0 Å². The van der Waals surface area contributed by atoms with E-state index in [9.17, 15) is 14.1 Å². The quantitative estimate of drug-likeness (QED) is 0.800. The van der Waals surface area contributed by atoms with Crippen LogP contribution in [0.3, 0.4) is 0 Å². The van der Waals surface area contributed by atoms with Gasteiger partial charge in [-0.25, -0.2) is 9.78 Å². The minimum absolute atomic E-state index is 0.00649. The standard InChI is InChI=1S/C18H18FN3O3/c19-22(16-10-4-5-11-20-16)17(23)15-9-6-12-21(15)18(24)25-13-14-7-2-1-3-8-14/h1-5,7-8,10-11,15H,6,9,12-13H2. The predicted molar refractivity (Wildman–Crippen MR) is 89.2 cm³/mol. The summed E-state index contributed by atoms with van der Waals surface area (Å²) < 4.78 is 19.6. The highest BCUT2D eigenvalue weighted by molar-refractivity contribution is 5.96. The highest BCUT2D eigenvalue weighted by atomic mass is 19.2. The molecule has 1 fully saturated rings. The molecule has 130 valence electrons. The van der Waals surface area contributed by atoms with Gasteiger partial charge in [-0.05, 0) is 30.5 Å². The molecule has 1 aliphatic rings. The molecule has 25 heavy (non-hydrogen) atoms. The number of ether oxygens (including phenoxy) is 1. The van der Waals surface area contributed by atoms with E-state index in [2.05, 4.69) is 4.98 Å². The first-order valence-corrected chi connectivity index (χ1v) is 8.05. The van der Waals surface area contributed by atoms with Crippen molar-refractivity contribution in [3.63, 3.8) is 0 Å². The third-order valence-electron chi connectivity index (χ3n) is 4.02. The smallest absolute Gasteiger partial charge is 0.410 e. The van der Waals surface area contributed by atoms with E-state index < -0.39 is 18.0 Å². The molecule has 1 aromatic carbocycles. The van der Waals surface area contributed by atoms with Crippen LogP contribution < -0.4 is 5.12 Å². The third-order valence-corrected chi connectivity index (χ3v) is 4.02. The summed E-state index contributed by atoms with van der Waals surface area (Å²) in [6.07, 6.45) is 1.80. The van der Waals surface area contributed by atoms with E-state index in [-0.39, 0.29) is 17.5 Å². The number of amides is 2. The topological polar surface area (TPSA) is 62.7 Å². The molecule has 6 nitrogen and oxygen atoms in total. The van der Waals surface area contributed by atoms with E-state index in [0.717, 1.165) is 5.56 Å². The molecule has 1 atom stereocenters. The molecule has 1 saturated heterocycles. The van der Waals surface area contributed by atoms with Gasteiger partial charge in [0.1, 0.15) is 12.6 Å². The summed E-state index contributed by atoms with van der Waals surface area (Å²) in [4.78, 5) is 29.8. The zero-order valence-corrected chi connectivity index (χ0v) is 13.5. The molecule has 0 spiro atoms. The van der Waals surface area contributed by atoms with Gasteiger partial charge in [-0.15, -0.1) is 5.12 Å². The van der Waals surface area contributed by atoms with Crippen LogP contribution in [-0.2, 0) is 16.1 Å². The second-order valence-corrected chi connectivity index (χ2v) is 5.70. The number of aromatic nitrogens is 1. The van der Waals surface area contributed by atoms with Crippen molar-refractivity contribution in [3.05, 3.63) is 60.3 Å². The highest BCUT2D eigenvalue weighted by Gasteiger charge is 2.38. The maximum absolute atomic E-state index is 14.3. The molecule has 1 aliphatic heterocycles. The normalized spacial score (nSPS) is 16.5. The summed E-state index contributed by atoms with van der Waals surface area (Å²) in [6, 6.07) is 13.0. The summed E-state index contributed by atoms with van der Waals surface area (Å²) in [5.74, 6) is -0.912. The van der Waals surface area contributed by atoms with E-state index >= 15 is 0 Å². The maximum Gasteiger partial charge on any atom is 0.410 e. The second kappa shape index (κ2) is 7.74. The monoisotopic (exact) mass is 343 g/mol. The van der Waals surface area contributed by atoms with Gasteiger partial charge in [-0.2, -0.15) is 0 Å². The van der Waals surface area contributed by atoms with Crippen molar-refractivity contribution in [2.75, 3.05) is 11.7 Å². The predicted octanol–water partition coefficient (Wildman–Crippen LogP) is 3.10. The van der Waals surface area contributed by atoms with Crippen LogP contribution in [0, 0.1) is 0 Å². The van der Waals surface area contributed by atoms with Crippen molar-refractivity contribution in [3.8, 4) is 0 Å². The van der Waals surface area contributed by atoms with Crippen molar-refractivity contribution in [2.24, 2.45) is 0 Å². The van der Waals surface area contributed by atoms with Crippen LogP contribution in [-0.4, -0.2) is 34.5 Å². The number of anilines is 1. The Kier molecular flexibility index (Phi) is 5.23. The molecule has 0 N–H and O–H groups in total. The van der Waals surface area contributed by atoms with Crippen molar-refractivity contribution in [2.45, 2.75) is 25.5 Å². The number of carbonyl (C=O) groups is 2. The summed E-state index contributed by atoms with van der Waals surface area (Å²) in [6.45, 7) is 0.469. The van der Waals surface area contributed by atoms with Gasteiger partial charge in [0.05, 0.1) is 0 Å². The van der Waals surface area contributed by atoms with Crippen LogP contribution in [0.1, 0.15) is 18.4 Å². The number of hydrogen-bond acceptors (Lipinski definition) is 4. The van der Waals surface area contributed by atoms with Crippen LogP contribution in [0.2, 0.25) is 0 Å². The number of nitrogens with zero attached hydrogens (tertiary/aromatic N) is 3. The van der Waals surface area contributed by atoms with Crippen molar-refractivity contribution < 1.29 is 18.8 Å². The zero-order valence-electron chi connectivity index (χ0n) is 13.5. The lowest BCUT2D eigenvalue weighted by Gasteiger charge is -2.24. The summed E-state index contributed by atoms with van der Waals surface area (Å²) in [5.41, 5.74) is 0.846. The molecule has 2 heterocycles. The maximum atomic E-state index is 14.3. The van der Waals surface area contributed by atoms with E-state index in [1.54, 1.807) is 12.1 Å². The number of benzene rings is 1. The number of carbonyl (C=O) groups excluding carboxylic acids is 2. The first kappa shape index (κ1) is 16.9. The molecule has 1 aromatic heterocycles. The minimum Gasteiger partial charge on any atom is -0.445 e. The van der Waals surface area contributed by atoms with Gasteiger partial charge in [0.2, 0.25) is 0 Å². The fourth-order valence-electron chi connectivity index (χ4n) is 2.76. The lowest BCUT2D eigenvalue weighted by atomic mass is 10.2. The summed E-state index contributed by atoms with van der Waals surface area (Å²) >= 11 is 0. The first-order chi connectivity index (χ1) is 12.2. The molecule has 0 saturated carbocycles. The van der Waals surface area contributed by atoms with Crippen LogP contribution in [0.15, 0.2) is 54.7 Å². The van der Waals surface area contributed by atoms with Crippen LogP contribution >= 0.6 is 0 Å².